The normalized spacial score (nSPS) is 11.1. The molecule has 0 spiro atoms. The summed E-state index contributed by atoms with van der Waals surface area (Å²) in [6.07, 6.45) is 1.78. The second-order valence-corrected chi connectivity index (χ2v) is 5.71. The van der Waals surface area contributed by atoms with Crippen molar-refractivity contribution in [3.05, 3.63) is 83.9 Å². The smallest absolute Gasteiger partial charge is 0.353 e. The SMILES string of the molecule is O=C(NCc1cccc(C(F)(F)F)c1)c1cncc(Nc2cccnc2)c1. The van der Waals surface area contributed by atoms with E-state index < -0.39 is 17.6 Å². The highest BCUT2D eigenvalue weighted by Gasteiger charge is 2.30. The van der Waals surface area contributed by atoms with Gasteiger partial charge in [-0.05, 0) is 35.9 Å². The minimum absolute atomic E-state index is 0.0248. The van der Waals surface area contributed by atoms with Gasteiger partial charge in [0.15, 0.2) is 0 Å². The standard InChI is InChI=1S/C19H15F3N4O/c20-19(21,22)15-4-1-3-13(7-15)9-25-18(27)14-8-17(12-24-10-14)26-16-5-2-6-23-11-16/h1-8,10-12,26H,9H2,(H,25,27). The summed E-state index contributed by atoms with van der Waals surface area (Å²) in [7, 11) is 0. The molecule has 2 heterocycles. The molecule has 0 aliphatic rings. The van der Waals surface area contributed by atoms with E-state index in [9.17, 15) is 18.0 Å². The van der Waals surface area contributed by atoms with Crippen LogP contribution >= 0.6 is 0 Å². The predicted octanol–water partition coefficient (Wildman–Crippen LogP) is 4.17. The average Bonchev–Trinajstić information content (AvgIpc) is 2.67. The lowest BCUT2D eigenvalue weighted by Crippen LogP contribution is -2.23. The zero-order valence-electron chi connectivity index (χ0n) is 14.0. The van der Waals surface area contributed by atoms with Crippen LogP contribution in [-0.4, -0.2) is 15.9 Å². The molecule has 0 unspecified atom stereocenters. The fourth-order valence-electron chi connectivity index (χ4n) is 2.38. The molecule has 0 fully saturated rings. The number of amides is 1. The van der Waals surface area contributed by atoms with Gasteiger partial charge in [0, 0.05) is 18.9 Å². The number of nitrogens with one attached hydrogen (secondary N) is 2. The van der Waals surface area contributed by atoms with Crippen LogP contribution in [0.4, 0.5) is 24.5 Å². The molecule has 3 rings (SSSR count). The van der Waals surface area contributed by atoms with Crippen LogP contribution in [0.2, 0.25) is 0 Å². The predicted molar refractivity (Wildman–Crippen MR) is 94.4 cm³/mol. The summed E-state index contributed by atoms with van der Waals surface area (Å²) in [5, 5.41) is 5.67. The van der Waals surface area contributed by atoms with Gasteiger partial charge in [0.2, 0.25) is 0 Å². The molecule has 0 atom stereocenters. The van der Waals surface area contributed by atoms with Crippen molar-refractivity contribution >= 4 is 17.3 Å². The molecule has 2 aromatic heterocycles. The summed E-state index contributed by atoms with van der Waals surface area (Å²) in [4.78, 5) is 20.3. The summed E-state index contributed by atoms with van der Waals surface area (Å²) >= 11 is 0. The van der Waals surface area contributed by atoms with Crippen molar-refractivity contribution in [2.24, 2.45) is 0 Å². The molecule has 3 aromatic rings. The maximum absolute atomic E-state index is 12.7. The summed E-state index contributed by atoms with van der Waals surface area (Å²) < 4.78 is 38.2. The van der Waals surface area contributed by atoms with E-state index in [4.69, 9.17) is 0 Å². The van der Waals surface area contributed by atoms with Crippen molar-refractivity contribution in [2.45, 2.75) is 12.7 Å². The molecule has 0 saturated heterocycles. The first kappa shape index (κ1) is 18.4. The van der Waals surface area contributed by atoms with E-state index in [1.54, 1.807) is 30.7 Å². The van der Waals surface area contributed by atoms with Crippen LogP contribution in [0, 0.1) is 0 Å². The van der Waals surface area contributed by atoms with Crippen molar-refractivity contribution in [2.75, 3.05) is 5.32 Å². The fraction of sp³-hybridized carbons (Fsp3) is 0.105. The van der Waals surface area contributed by atoms with Crippen molar-refractivity contribution in [3.8, 4) is 0 Å². The first-order chi connectivity index (χ1) is 12.9. The number of anilines is 2. The third-order valence-corrected chi connectivity index (χ3v) is 3.66. The molecule has 2 N–H and O–H groups in total. The Morgan fingerprint density at radius 1 is 0.963 bits per heavy atom. The van der Waals surface area contributed by atoms with E-state index >= 15 is 0 Å². The Hall–Kier alpha value is -3.42. The number of carbonyl (C=O) groups excluding carboxylic acids is 1. The van der Waals surface area contributed by atoms with Crippen molar-refractivity contribution in [3.63, 3.8) is 0 Å². The topological polar surface area (TPSA) is 66.9 Å². The summed E-state index contributed by atoms with van der Waals surface area (Å²) in [6.45, 7) is -0.0248. The first-order valence-corrected chi connectivity index (χ1v) is 7.98. The van der Waals surface area contributed by atoms with Gasteiger partial charge in [0.1, 0.15) is 0 Å². The van der Waals surface area contributed by atoms with Gasteiger partial charge in [-0.1, -0.05) is 12.1 Å². The molecule has 0 radical (unpaired) electrons. The summed E-state index contributed by atoms with van der Waals surface area (Å²) in [5.74, 6) is -0.435. The zero-order valence-corrected chi connectivity index (χ0v) is 14.0. The van der Waals surface area contributed by atoms with E-state index in [0.29, 0.717) is 11.3 Å². The van der Waals surface area contributed by atoms with Crippen molar-refractivity contribution in [1.82, 2.24) is 15.3 Å². The minimum atomic E-state index is -4.42. The van der Waals surface area contributed by atoms with Gasteiger partial charge in [0.25, 0.3) is 5.91 Å². The third kappa shape index (κ3) is 5.04. The maximum atomic E-state index is 12.7. The Bertz CT molecular complexity index is 929. The Labute approximate surface area is 153 Å². The molecule has 0 aliphatic heterocycles. The monoisotopic (exact) mass is 372 g/mol. The van der Waals surface area contributed by atoms with Crippen LogP contribution in [0.1, 0.15) is 21.5 Å². The lowest BCUT2D eigenvalue weighted by atomic mass is 10.1. The molecule has 0 aliphatic carbocycles. The molecule has 1 aromatic carbocycles. The van der Waals surface area contributed by atoms with Crippen LogP contribution in [-0.2, 0) is 12.7 Å². The Kier molecular flexibility index (Phi) is 5.35. The lowest BCUT2D eigenvalue weighted by molar-refractivity contribution is -0.137. The largest absolute Gasteiger partial charge is 0.416 e. The molecule has 8 heteroatoms. The number of rotatable bonds is 5. The molecule has 0 saturated carbocycles. The van der Waals surface area contributed by atoms with Gasteiger partial charge >= 0.3 is 6.18 Å². The second-order valence-electron chi connectivity index (χ2n) is 5.71. The number of nitrogens with zero attached hydrogens (tertiary/aromatic N) is 2. The number of alkyl halides is 3. The van der Waals surface area contributed by atoms with E-state index in [0.717, 1.165) is 17.8 Å². The first-order valence-electron chi connectivity index (χ1n) is 7.98. The fourth-order valence-corrected chi connectivity index (χ4v) is 2.38. The number of pyridine rings is 2. The number of aromatic nitrogens is 2. The molecule has 1 amide bonds. The number of benzene rings is 1. The third-order valence-electron chi connectivity index (χ3n) is 3.66. The minimum Gasteiger partial charge on any atom is -0.353 e. The van der Waals surface area contributed by atoms with Gasteiger partial charge in [-0.2, -0.15) is 13.2 Å². The molecule has 138 valence electrons. The summed E-state index contributed by atoms with van der Waals surface area (Å²) in [5.41, 5.74) is 1.22. The molecule has 5 nitrogen and oxygen atoms in total. The number of hydrogen-bond acceptors (Lipinski definition) is 4. The Balaban J connectivity index is 1.66. The van der Waals surface area contributed by atoms with Gasteiger partial charge < -0.3 is 10.6 Å². The van der Waals surface area contributed by atoms with E-state index in [-0.39, 0.29) is 12.1 Å². The Morgan fingerprint density at radius 2 is 1.78 bits per heavy atom. The van der Waals surface area contributed by atoms with Crippen LogP contribution in [0.3, 0.4) is 0 Å². The molecular weight excluding hydrogens is 357 g/mol. The zero-order chi connectivity index (χ0) is 19.3. The van der Waals surface area contributed by atoms with Gasteiger partial charge in [0.05, 0.1) is 34.9 Å². The van der Waals surface area contributed by atoms with Crippen molar-refractivity contribution in [1.29, 1.82) is 0 Å². The average molecular weight is 372 g/mol. The number of hydrogen-bond donors (Lipinski definition) is 2. The van der Waals surface area contributed by atoms with E-state index in [2.05, 4.69) is 20.6 Å². The highest BCUT2D eigenvalue weighted by atomic mass is 19.4. The van der Waals surface area contributed by atoms with Crippen LogP contribution in [0.5, 0.6) is 0 Å². The highest BCUT2D eigenvalue weighted by Crippen LogP contribution is 2.29. The van der Waals surface area contributed by atoms with Gasteiger partial charge in [-0.25, -0.2) is 0 Å². The highest BCUT2D eigenvalue weighted by molar-refractivity contribution is 5.94. The van der Waals surface area contributed by atoms with Gasteiger partial charge in [-0.3, -0.25) is 14.8 Å². The van der Waals surface area contributed by atoms with Crippen LogP contribution in [0.15, 0.2) is 67.3 Å². The van der Waals surface area contributed by atoms with Crippen molar-refractivity contribution < 1.29 is 18.0 Å². The van der Waals surface area contributed by atoms with E-state index in [1.165, 1.54) is 18.3 Å². The molecule has 27 heavy (non-hydrogen) atoms. The van der Waals surface area contributed by atoms with Crippen LogP contribution in [0.25, 0.3) is 0 Å². The summed E-state index contributed by atoms with van der Waals surface area (Å²) in [6, 6.07) is 10.0. The second kappa shape index (κ2) is 7.86. The Morgan fingerprint density at radius 3 is 2.52 bits per heavy atom. The maximum Gasteiger partial charge on any atom is 0.416 e. The molecule has 0 bridgehead atoms. The number of halogens is 3. The lowest BCUT2D eigenvalue weighted by Gasteiger charge is -2.10. The quantitative estimate of drug-likeness (QED) is 0.706. The molecular formula is C19H15F3N4O. The number of carbonyl (C=O) groups is 1. The van der Waals surface area contributed by atoms with Gasteiger partial charge in [-0.15, -0.1) is 0 Å². The van der Waals surface area contributed by atoms with E-state index in [1.807, 2.05) is 6.07 Å². The van der Waals surface area contributed by atoms with Crippen LogP contribution < -0.4 is 10.6 Å².